The molecule has 156 valence electrons. The van der Waals surface area contributed by atoms with Gasteiger partial charge in [-0.2, -0.15) is 0 Å². The zero-order valence-electron chi connectivity index (χ0n) is 17.3. The van der Waals surface area contributed by atoms with Crippen molar-refractivity contribution in [3.63, 3.8) is 0 Å². The first kappa shape index (κ1) is 19.0. The quantitative estimate of drug-likeness (QED) is 0.294. The summed E-state index contributed by atoms with van der Waals surface area (Å²) in [6.45, 7) is 0.840. The van der Waals surface area contributed by atoms with E-state index in [0.29, 0.717) is 0 Å². The molecule has 0 unspecified atom stereocenters. The third-order valence-corrected chi connectivity index (χ3v) is 6.63. The van der Waals surface area contributed by atoms with Gasteiger partial charge in [0.25, 0.3) is 0 Å². The van der Waals surface area contributed by atoms with Crippen molar-refractivity contribution in [2.45, 2.75) is 13.0 Å². The maximum absolute atomic E-state index is 10.3. The van der Waals surface area contributed by atoms with E-state index in [-0.39, 0.29) is 5.75 Å². The Hall–Kier alpha value is -3.69. The highest BCUT2D eigenvalue weighted by Crippen LogP contribution is 2.42. The van der Waals surface area contributed by atoms with E-state index in [1.165, 1.54) is 5.56 Å². The summed E-state index contributed by atoms with van der Waals surface area (Å²) >= 11 is 6.61. The highest BCUT2D eigenvalue weighted by molar-refractivity contribution is 6.34. The summed E-state index contributed by atoms with van der Waals surface area (Å²) in [4.78, 5) is 3.29. The lowest BCUT2D eigenvalue weighted by Crippen LogP contribution is -2.01. The summed E-state index contributed by atoms with van der Waals surface area (Å²) < 4.78 is 2.36. The molecule has 4 aromatic carbocycles. The van der Waals surface area contributed by atoms with E-state index in [1.807, 2.05) is 48.8 Å². The number of phenolic OH excluding ortho intramolecular Hbond substituents is 1. The topological polar surface area (TPSA) is 40.9 Å². The molecule has 0 amide bonds. The number of hydrogen-bond acceptors (Lipinski definition) is 1. The number of rotatable bonds is 4. The number of aromatic nitrogens is 2. The first-order valence-corrected chi connectivity index (χ1v) is 11.1. The van der Waals surface area contributed by atoms with Crippen molar-refractivity contribution in [2.75, 3.05) is 0 Å². The Labute approximate surface area is 190 Å². The Balaban J connectivity index is 1.67. The number of phenols is 1. The van der Waals surface area contributed by atoms with E-state index in [0.717, 1.165) is 61.7 Å². The lowest BCUT2D eigenvalue weighted by Gasteiger charge is -2.11. The summed E-state index contributed by atoms with van der Waals surface area (Å²) in [5, 5.41) is 15.5. The minimum atomic E-state index is 0.276. The van der Waals surface area contributed by atoms with Crippen LogP contribution in [0.3, 0.4) is 0 Å². The standard InChI is InChI=1S/C28H21ClN2O/c29-25-9-5-4-8-20(25)21-15-27-28(24-17-30-16-23(21)24)22-14-19(32)10-11-26(22)31(27)13-12-18-6-2-1-3-7-18/h1-11,14-17,30,32H,12-13H2. The van der Waals surface area contributed by atoms with E-state index in [2.05, 4.69) is 45.9 Å². The molecule has 2 heterocycles. The smallest absolute Gasteiger partial charge is 0.116 e. The van der Waals surface area contributed by atoms with Crippen molar-refractivity contribution in [3.05, 3.63) is 102 Å². The van der Waals surface area contributed by atoms with Crippen LogP contribution in [0.25, 0.3) is 43.7 Å². The minimum absolute atomic E-state index is 0.276. The molecule has 0 fully saturated rings. The number of fused-ring (bicyclic) bond motifs is 5. The molecule has 0 aliphatic carbocycles. The molecule has 6 rings (SSSR count). The zero-order valence-corrected chi connectivity index (χ0v) is 18.1. The van der Waals surface area contributed by atoms with Gasteiger partial charge in [-0.1, -0.05) is 60.1 Å². The van der Waals surface area contributed by atoms with Gasteiger partial charge in [-0.3, -0.25) is 0 Å². The van der Waals surface area contributed by atoms with Crippen LogP contribution in [0.2, 0.25) is 5.02 Å². The fraction of sp³-hybridized carbons (Fsp3) is 0.0714. The first-order chi connectivity index (χ1) is 15.7. The second-order valence-electron chi connectivity index (χ2n) is 8.17. The van der Waals surface area contributed by atoms with Crippen LogP contribution in [0.4, 0.5) is 0 Å². The molecule has 2 aromatic heterocycles. The van der Waals surface area contributed by atoms with Gasteiger partial charge in [-0.05, 0) is 47.9 Å². The Morgan fingerprint density at radius 1 is 0.750 bits per heavy atom. The normalized spacial score (nSPS) is 11.7. The number of nitrogens with zero attached hydrogens (tertiary/aromatic N) is 1. The number of benzene rings is 4. The molecule has 0 saturated heterocycles. The monoisotopic (exact) mass is 436 g/mol. The molecule has 4 heteroatoms. The van der Waals surface area contributed by atoms with Crippen molar-refractivity contribution < 1.29 is 5.11 Å². The van der Waals surface area contributed by atoms with Crippen molar-refractivity contribution in [1.82, 2.24) is 9.55 Å². The minimum Gasteiger partial charge on any atom is -0.508 e. The Bertz CT molecular complexity index is 1590. The molecule has 0 aliphatic heterocycles. The van der Waals surface area contributed by atoms with Gasteiger partial charge in [0.05, 0.1) is 5.52 Å². The first-order valence-electron chi connectivity index (χ1n) is 10.7. The number of aryl methyl sites for hydroxylation is 2. The Kier molecular flexibility index (Phi) is 4.44. The summed E-state index contributed by atoms with van der Waals surface area (Å²) in [6.07, 6.45) is 5.00. The molecule has 0 aliphatic rings. The molecule has 3 nitrogen and oxygen atoms in total. The average Bonchev–Trinajstić information content (AvgIpc) is 3.41. The largest absolute Gasteiger partial charge is 0.508 e. The van der Waals surface area contributed by atoms with Gasteiger partial charge in [0, 0.05) is 56.6 Å². The third kappa shape index (κ3) is 2.97. The van der Waals surface area contributed by atoms with Gasteiger partial charge in [0.2, 0.25) is 0 Å². The maximum Gasteiger partial charge on any atom is 0.116 e. The van der Waals surface area contributed by atoms with E-state index in [1.54, 1.807) is 6.07 Å². The molecular weight excluding hydrogens is 416 g/mol. The third-order valence-electron chi connectivity index (χ3n) is 6.30. The van der Waals surface area contributed by atoms with Crippen molar-refractivity contribution >= 4 is 44.2 Å². The SMILES string of the molecule is Oc1ccc2c(c1)c1c3c[nH]cc3c(-c3ccccc3Cl)cc1n2CCc1ccccc1. The van der Waals surface area contributed by atoms with Crippen LogP contribution < -0.4 is 0 Å². The average molecular weight is 437 g/mol. The summed E-state index contributed by atoms with van der Waals surface area (Å²) in [5.41, 5.74) is 5.68. The van der Waals surface area contributed by atoms with Gasteiger partial charge in [0.15, 0.2) is 0 Å². The highest BCUT2D eigenvalue weighted by Gasteiger charge is 2.18. The molecule has 6 aromatic rings. The molecule has 0 radical (unpaired) electrons. The second kappa shape index (κ2) is 7.47. The number of nitrogens with one attached hydrogen (secondary N) is 1. The summed E-state index contributed by atoms with van der Waals surface area (Å²) in [6, 6.07) is 26.4. The number of aromatic hydroxyl groups is 1. The van der Waals surface area contributed by atoms with Crippen LogP contribution in [0.15, 0.2) is 91.3 Å². The molecule has 32 heavy (non-hydrogen) atoms. The van der Waals surface area contributed by atoms with Crippen LogP contribution in [-0.2, 0) is 13.0 Å². The van der Waals surface area contributed by atoms with Gasteiger partial charge in [-0.15, -0.1) is 0 Å². The fourth-order valence-electron chi connectivity index (χ4n) is 4.83. The van der Waals surface area contributed by atoms with Crippen LogP contribution in [0, 0.1) is 0 Å². The molecule has 0 spiro atoms. The van der Waals surface area contributed by atoms with Crippen molar-refractivity contribution in [2.24, 2.45) is 0 Å². The predicted octanol–water partition coefficient (Wildman–Crippen LogP) is 7.54. The number of aromatic amines is 1. The van der Waals surface area contributed by atoms with Gasteiger partial charge >= 0.3 is 0 Å². The van der Waals surface area contributed by atoms with Crippen molar-refractivity contribution in [3.8, 4) is 16.9 Å². The number of hydrogen-bond donors (Lipinski definition) is 2. The van der Waals surface area contributed by atoms with Crippen LogP contribution in [0.5, 0.6) is 5.75 Å². The van der Waals surface area contributed by atoms with Gasteiger partial charge in [-0.25, -0.2) is 0 Å². The van der Waals surface area contributed by atoms with Gasteiger partial charge < -0.3 is 14.7 Å². The molecular formula is C28H21ClN2O. The predicted molar refractivity (Wildman–Crippen MR) is 134 cm³/mol. The number of halogens is 1. The summed E-state index contributed by atoms with van der Waals surface area (Å²) in [5.74, 6) is 0.276. The van der Waals surface area contributed by atoms with Crippen LogP contribution in [-0.4, -0.2) is 14.7 Å². The Morgan fingerprint density at radius 3 is 2.38 bits per heavy atom. The number of H-pyrrole nitrogens is 1. The van der Waals surface area contributed by atoms with E-state index in [4.69, 9.17) is 11.6 Å². The Morgan fingerprint density at radius 2 is 1.53 bits per heavy atom. The molecule has 0 saturated carbocycles. The van der Waals surface area contributed by atoms with E-state index in [9.17, 15) is 5.11 Å². The van der Waals surface area contributed by atoms with Crippen LogP contribution >= 0.6 is 11.6 Å². The molecule has 0 atom stereocenters. The lowest BCUT2D eigenvalue weighted by molar-refractivity contribution is 0.476. The zero-order chi connectivity index (χ0) is 21.7. The lowest BCUT2D eigenvalue weighted by atomic mass is 9.97. The highest BCUT2D eigenvalue weighted by atomic mass is 35.5. The fourth-order valence-corrected chi connectivity index (χ4v) is 5.07. The second-order valence-corrected chi connectivity index (χ2v) is 8.58. The van der Waals surface area contributed by atoms with Gasteiger partial charge in [0.1, 0.15) is 5.75 Å². The van der Waals surface area contributed by atoms with Crippen LogP contribution in [0.1, 0.15) is 5.56 Å². The molecule has 0 bridgehead atoms. The molecule has 2 N–H and O–H groups in total. The van der Waals surface area contributed by atoms with Crippen molar-refractivity contribution in [1.29, 1.82) is 0 Å². The summed E-state index contributed by atoms with van der Waals surface area (Å²) in [7, 11) is 0. The maximum atomic E-state index is 10.3. The van der Waals surface area contributed by atoms with E-state index >= 15 is 0 Å². The van der Waals surface area contributed by atoms with E-state index < -0.39 is 0 Å².